The fourth-order valence-corrected chi connectivity index (χ4v) is 3.15. The molecular weight excluding hydrogens is 252 g/mol. The fourth-order valence-electron chi connectivity index (χ4n) is 3.15. The van der Waals surface area contributed by atoms with Crippen LogP contribution in [0.4, 0.5) is 0 Å². The summed E-state index contributed by atoms with van der Waals surface area (Å²) in [5.41, 5.74) is 0.775. The molecule has 1 aromatic carbocycles. The van der Waals surface area contributed by atoms with Crippen LogP contribution >= 0.6 is 0 Å². The molecule has 106 valence electrons. The van der Waals surface area contributed by atoms with Crippen molar-refractivity contribution in [3.63, 3.8) is 0 Å². The minimum Gasteiger partial charge on any atom is -0.468 e. The molecule has 0 bridgehead atoms. The SMILES string of the molecule is C=C1[C@H](Cc2ccccc2)CC[C@@]1(C(C)=O)C(=O)OC. The van der Waals surface area contributed by atoms with Gasteiger partial charge in [-0.2, -0.15) is 0 Å². The van der Waals surface area contributed by atoms with E-state index in [1.54, 1.807) is 0 Å². The van der Waals surface area contributed by atoms with Crippen LogP contribution in [0.25, 0.3) is 0 Å². The van der Waals surface area contributed by atoms with Crippen LogP contribution in [0.5, 0.6) is 0 Å². The quantitative estimate of drug-likeness (QED) is 0.481. The number of esters is 1. The third-order valence-electron chi connectivity index (χ3n) is 4.37. The average molecular weight is 272 g/mol. The van der Waals surface area contributed by atoms with Gasteiger partial charge in [-0.05, 0) is 43.2 Å². The maximum atomic E-state index is 12.1. The van der Waals surface area contributed by atoms with Crippen LogP contribution in [0.3, 0.4) is 0 Å². The first kappa shape index (κ1) is 14.5. The molecule has 3 heteroatoms. The molecule has 0 unspecified atom stereocenters. The Bertz CT molecular complexity index is 532. The fraction of sp³-hybridized carbons (Fsp3) is 0.412. The van der Waals surface area contributed by atoms with E-state index in [0.717, 1.165) is 12.8 Å². The summed E-state index contributed by atoms with van der Waals surface area (Å²) in [4.78, 5) is 24.1. The number of rotatable bonds is 4. The van der Waals surface area contributed by atoms with E-state index in [9.17, 15) is 9.59 Å². The van der Waals surface area contributed by atoms with E-state index in [4.69, 9.17) is 4.74 Å². The van der Waals surface area contributed by atoms with Crippen molar-refractivity contribution in [2.24, 2.45) is 11.3 Å². The number of hydrogen-bond acceptors (Lipinski definition) is 3. The third-order valence-corrected chi connectivity index (χ3v) is 4.37. The van der Waals surface area contributed by atoms with Gasteiger partial charge in [0.15, 0.2) is 5.78 Å². The first-order chi connectivity index (χ1) is 9.52. The second-order valence-corrected chi connectivity index (χ2v) is 5.40. The zero-order valence-electron chi connectivity index (χ0n) is 12.0. The van der Waals surface area contributed by atoms with Crippen LogP contribution in [0.1, 0.15) is 25.3 Å². The van der Waals surface area contributed by atoms with Crippen molar-refractivity contribution in [3.05, 3.63) is 48.0 Å². The van der Waals surface area contributed by atoms with E-state index < -0.39 is 11.4 Å². The molecule has 0 aromatic heterocycles. The lowest BCUT2D eigenvalue weighted by molar-refractivity contribution is -0.154. The summed E-state index contributed by atoms with van der Waals surface area (Å²) in [6.07, 6.45) is 2.11. The zero-order chi connectivity index (χ0) is 14.8. The van der Waals surface area contributed by atoms with Crippen LogP contribution in [-0.2, 0) is 20.7 Å². The minimum atomic E-state index is -1.13. The van der Waals surface area contributed by atoms with Gasteiger partial charge >= 0.3 is 5.97 Å². The molecule has 0 heterocycles. The number of carbonyl (C=O) groups excluding carboxylic acids is 2. The summed E-state index contributed by atoms with van der Waals surface area (Å²) < 4.78 is 4.85. The van der Waals surface area contributed by atoms with Gasteiger partial charge in [0, 0.05) is 0 Å². The Morgan fingerprint density at radius 3 is 2.55 bits per heavy atom. The molecule has 1 fully saturated rings. The van der Waals surface area contributed by atoms with Gasteiger partial charge in [-0.1, -0.05) is 36.9 Å². The smallest absolute Gasteiger partial charge is 0.323 e. The Hall–Kier alpha value is -1.90. The molecule has 0 radical (unpaired) electrons. The second kappa shape index (κ2) is 5.61. The van der Waals surface area contributed by atoms with E-state index in [2.05, 4.69) is 18.7 Å². The third kappa shape index (κ3) is 2.28. The van der Waals surface area contributed by atoms with Gasteiger partial charge < -0.3 is 4.74 Å². The summed E-state index contributed by atoms with van der Waals surface area (Å²) in [5, 5.41) is 0. The predicted molar refractivity (Wildman–Crippen MR) is 77.1 cm³/mol. The highest BCUT2D eigenvalue weighted by Gasteiger charge is 2.53. The average Bonchev–Trinajstić information content (AvgIpc) is 2.78. The number of ether oxygens (including phenoxy) is 1. The number of carbonyl (C=O) groups is 2. The molecule has 2 rings (SSSR count). The maximum absolute atomic E-state index is 12.1. The lowest BCUT2D eigenvalue weighted by Crippen LogP contribution is -2.38. The first-order valence-corrected chi connectivity index (χ1v) is 6.85. The standard InChI is InChI=1S/C17H20O3/c1-12-15(11-14-7-5-4-6-8-14)9-10-17(12,13(2)18)16(19)20-3/h4-8,15H,1,9-11H2,2-3H3/t15-,17+/m0/s1. The van der Waals surface area contributed by atoms with E-state index in [1.165, 1.54) is 19.6 Å². The number of methoxy groups -OCH3 is 1. The van der Waals surface area contributed by atoms with Gasteiger partial charge in [0.1, 0.15) is 5.41 Å². The van der Waals surface area contributed by atoms with Gasteiger partial charge in [0.25, 0.3) is 0 Å². The number of Topliss-reactive ketones (excluding diaryl/α,β-unsaturated/α-hetero) is 1. The molecule has 0 spiro atoms. The Morgan fingerprint density at radius 1 is 1.35 bits per heavy atom. The van der Waals surface area contributed by atoms with Crippen LogP contribution in [-0.4, -0.2) is 18.9 Å². The maximum Gasteiger partial charge on any atom is 0.323 e. The van der Waals surface area contributed by atoms with Gasteiger partial charge in [-0.25, -0.2) is 0 Å². The van der Waals surface area contributed by atoms with E-state index in [1.807, 2.05) is 18.2 Å². The second-order valence-electron chi connectivity index (χ2n) is 5.40. The molecule has 20 heavy (non-hydrogen) atoms. The summed E-state index contributed by atoms with van der Waals surface area (Å²) in [5.74, 6) is -0.476. The summed E-state index contributed by atoms with van der Waals surface area (Å²) in [7, 11) is 1.32. The molecule has 0 aliphatic heterocycles. The van der Waals surface area contributed by atoms with E-state index >= 15 is 0 Å². The van der Waals surface area contributed by atoms with Crippen molar-refractivity contribution in [1.29, 1.82) is 0 Å². The van der Waals surface area contributed by atoms with Crippen molar-refractivity contribution in [3.8, 4) is 0 Å². The molecule has 1 aromatic rings. The molecule has 0 amide bonds. The number of ketones is 1. The van der Waals surface area contributed by atoms with E-state index in [-0.39, 0.29) is 11.7 Å². The Morgan fingerprint density at radius 2 is 2.00 bits per heavy atom. The highest BCUT2D eigenvalue weighted by Crippen LogP contribution is 2.48. The molecule has 0 saturated heterocycles. The Kier molecular flexibility index (Phi) is 4.07. The lowest BCUT2D eigenvalue weighted by atomic mass is 9.77. The van der Waals surface area contributed by atoms with Gasteiger partial charge in [-0.15, -0.1) is 0 Å². The van der Waals surface area contributed by atoms with Crippen molar-refractivity contribution in [2.45, 2.75) is 26.2 Å². The minimum absolute atomic E-state index is 0.153. The summed E-state index contributed by atoms with van der Waals surface area (Å²) in [6, 6.07) is 10.1. The van der Waals surface area contributed by atoms with Crippen LogP contribution in [0, 0.1) is 11.3 Å². The molecule has 1 aliphatic carbocycles. The molecule has 0 N–H and O–H groups in total. The van der Waals surface area contributed by atoms with Crippen molar-refractivity contribution in [1.82, 2.24) is 0 Å². The Labute approximate surface area is 119 Å². The predicted octanol–water partition coefficient (Wildman–Crippen LogP) is 2.94. The topological polar surface area (TPSA) is 43.4 Å². The lowest BCUT2D eigenvalue weighted by Gasteiger charge is -2.25. The molecule has 3 nitrogen and oxygen atoms in total. The van der Waals surface area contributed by atoms with Crippen LogP contribution in [0.2, 0.25) is 0 Å². The monoisotopic (exact) mass is 272 g/mol. The van der Waals surface area contributed by atoms with Crippen molar-refractivity contribution < 1.29 is 14.3 Å². The van der Waals surface area contributed by atoms with Crippen molar-refractivity contribution in [2.75, 3.05) is 7.11 Å². The molecule has 2 atom stereocenters. The van der Waals surface area contributed by atoms with E-state index in [0.29, 0.717) is 12.0 Å². The summed E-state index contributed by atoms with van der Waals surface area (Å²) in [6.45, 7) is 5.51. The van der Waals surface area contributed by atoms with Crippen LogP contribution in [0.15, 0.2) is 42.5 Å². The van der Waals surface area contributed by atoms with Gasteiger partial charge in [0.2, 0.25) is 0 Å². The zero-order valence-corrected chi connectivity index (χ0v) is 12.0. The molecule has 1 saturated carbocycles. The number of benzene rings is 1. The highest BCUT2D eigenvalue weighted by molar-refractivity contribution is 6.06. The normalized spacial score (nSPS) is 25.5. The van der Waals surface area contributed by atoms with Crippen molar-refractivity contribution >= 4 is 11.8 Å². The molecule has 1 aliphatic rings. The highest BCUT2D eigenvalue weighted by atomic mass is 16.5. The van der Waals surface area contributed by atoms with Gasteiger partial charge in [-0.3, -0.25) is 9.59 Å². The summed E-state index contributed by atoms with van der Waals surface area (Å²) >= 11 is 0. The van der Waals surface area contributed by atoms with Gasteiger partial charge in [0.05, 0.1) is 7.11 Å². The Balaban J connectivity index is 2.23. The number of hydrogen-bond donors (Lipinski definition) is 0. The molecular formula is C17H20O3. The first-order valence-electron chi connectivity index (χ1n) is 6.85. The largest absolute Gasteiger partial charge is 0.468 e. The van der Waals surface area contributed by atoms with Crippen LogP contribution < -0.4 is 0 Å².